The van der Waals surface area contributed by atoms with Gasteiger partial charge in [0, 0.05) is 23.7 Å². The number of sulfonamides is 1. The SMILES string of the molecule is CN=C(N)c1ccc(/C(C)=C2/CC(=O)N(c3ccc(-c4ccccc4S(N)(=O)=O)cc3)C2=O)cc1. The van der Waals surface area contributed by atoms with Crippen molar-refractivity contribution >= 4 is 38.9 Å². The van der Waals surface area contributed by atoms with E-state index < -0.39 is 10.0 Å². The molecule has 3 aromatic carbocycles. The maximum atomic E-state index is 13.2. The van der Waals surface area contributed by atoms with Crippen LogP contribution in [0.25, 0.3) is 16.7 Å². The van der Waals surface area contributed by atoms with Gasteiger partial charge in [-0.05, 0) is 41.8 Å². The van der Waals surface area contributed by atoms with Gasteiger partial charge >= 0.3 is 0 Å². The van der Waals surface area contributed by atoms with Crippen molar-refractivity contribution in [2.75, 3.05) is 11.9 Å². The first-order valence-electron chi connectivity index (χ1n) is 10.7. The molecule has 1 aliphatic heterocycles. The molecular weight excluding hydrogens is 464 g/mol. The highest BCUT2D eigenvalue weighted by Crippen LogP contribution is 2.33. The van der Waals surface area contributed by atoms with Crippen LogP contribution in [0, 0.1) is 0 Å². The summed E-state index contributed by atoms with van der Waals surface area (Å²) in [5.74, 6) is -0.305. The Kier molecular flexibility index (Phi) is 6.38. The van der Waals surface area contributed by atoms with Gasteiger partial charge in [-0.15, -0.1) is 0 Å². The number of amides is 2. The number of carbonyl (C=O) groups is 2. The van der Waals surface area contributed by atoms with E-state index in [4.69, 9.17) is 10.9 Å². The van der Waals surface area contributed by atoms with Crippen LogP contribution in [0.5, 0.6) is 0 Å². The van der Waals surface area contributed by atoms with Crippen molar-refractivity contribution in [3.05, 3.63) is 89.5 Å². The monoisotopic (exact) mass is 488 g/mol. The molecule has 35 heavy (non-hydrogen) atoms. The fraction of sp³-hybridized carbons (Fsp3) is 0.115. The van der Waals surface area contributed by atoms with Gasteiger partial charge in [-0.1, -0.05) is 54.6 Å². The molecule has 1 saturated heterocycles. The van der Waals surface area contributed by atoms with Gasteiger partial charge in [0.2, 0.25) is 15.9 Å². The summed E-state index contributed by atoms with van der Waals surface area (Å²) in [7, 11) is -2.31. The Labute approximate surface area is 203 Å². The van der Waals surface area contributed by atoms with Crippen molar-refractivity contribution in [1.29, 1.82) is 0 Å². The van der Waals surface area contributed by atoms with E-state index in [1.54, 1.807) is 49.5 Å². The number of nitrogens with two attached hydrogens (primary N) is 2. The third kappa shape index (κ3) is 4.64. The summed E-state index contributed by atoms with van der Waals surface area (Å²) in [5.41, 5.74) is 9.99. The van der Waals surface area contributed by atoms with Crippen molar-refractivity contribution < 1.29 is 18.0 Å². The summed E-state index contributed by atoms with van der Waals surface area (Å²) in [6.45, 7) is 1.81. The molecule has 3 aromatic rings. The molecule has 0 saturated carbocycles. The summed E-state index contributed by atoms with van der Waals surface area (Å²) in [6.07, 6.45) is -0.0129. The first-order chi connectivity index (χ1) is 16.6. The van der Waals surface area contributed by atoms with Gasteiger partial charge in [-0.3, -0.25) is 14.6 Å². The molecule has 1 heterocycles. The zero-order chi connectivity index (χ0) is 25.3. The maximum absolute atomic E-state index is 13.2. The molecule has 9 heteroatoms. The van der Waals surface area contributed by atoms with Crippen LogP contribution in [0.4, 0.5) is 5.69 Å². The molecule has 1 fully saturated rings. The summed E-state index contributed by atoms with van der Waals surface area (Å²) in [5, 5.41) is 5.34. The highest BCUT2D eigenvalue weighted by atomic mass is 32.2. The van der Waals surface area contributed by atoms with Gasteiger partial charge in [0.05, 0.1) is 17.0 Å². The zero-order valence-electron chi connectivity index (χ0n) is 19.2. The lowest BCUT2D eigenvalue weighted by atomic mass is 9.99. The second-order valence-corrected chi connectivity index (χ2v) is 9.62. The van der Waals surface area contributed by atoms with Crippen LogP contribution < -0.4 is 15.8 Å². The largest absolute Gasteiger partial charge is 0.384 e. The molecule has 8 nitrogen and oxygen atoms in total. The first kappa shape index (κ1) is 24.1. The van der Waals surface area contributed by atoms with E-state index in [0.29, 0.717) is 33.8 Å². The third-order valence-electron chi connectivity index (χ3n) is 5.98. The van der Waals surface area contributed by atoms with Gasteiger partial charge in [0.1, 0.15) is 5.84 Å². The summed E-state index contributed by atoms with van der Waals surface area (Å²) < 4.78 is 23.9. The van der Waals surface area contributed by atoms with Crippen molar-refractivity contribution in [3.63, 3.8) is 0 Å². The fourth-order valence-corrected chi connectivity index (χ4v) is 4.81. The number of rotatable bonds is 5. The molecule has 0 bridgehead atoms. The average molecular weight is 489 g/mol. The van der Waals surface area contributed by atoms with Crippen LogP contribution in [0.1, 0.15) is 24.5 Å². The number of aliphatic imine (C=N–C) groups is 1. The number of nitrogens with zero attached hydrogens (tertiary/aromatic N) is 2. The van der Waals surface area contributed by atoms with Crippen LogP contribution in [-0.2, 0) is 19.6 Å². The van der Waals surface area contributed by atoms with Crippen LogP contribution in [-0.4, -0.2) is 33.1 Å². The van der Waals surface area contributed by atoms with Crippen LogP contribution >= 0.6 is 0 Å². The molecular formula is C26H24N4O4S. The van der Waals surface area contributed by atoms with Crippen molar-refractivity contribution in [3.8, 4) is 11.1 Å². The number of hydrogen-bond acceptors (Lipinski definition) is 5. The molecule has 0 radical (unpaired) electrons. The Morgan fingerprint density at radius 2 is 1.51 bits per heavy atom. The zero-order valence-corrected chi connectivity index (χ0v) is 20.0. The number of amidine groups is 1. The van der Waals surface area contributed by atoms with Gasteiger partial charge in [-0.25, -0.2) is 18.5 Å². The Balaban J connectivity index is 1.64. The minimum atomic E-state index is -3.92. The van der Waals surface area contributed by atoms with Gasteiger partial charge in [-0.2, -0.15) is 0 Å². The molecule has 4 rings (SSSR count). The van der Waals surface area contributed by atoms with E-state index in [0.717, 1.165) is 16.0 Å². The van der Waals surface area contributed by atoms with Crippen molar-refractivity contribution in [2.45, 2.75) is 18.2 Å². The Hall–Kier alpha value is -4.08. The highest BCUT2D eigenvalue weighted by Gasteiger charge is 2.36. The number of anilines is 1. The number of allylic oxidation sites excluding steroid dienone is 1. The standard InChI is InChI=1S/C26H24N4O4S/c1-16(17-7-9-19(10-8-17)25(27)29-2)22-15-24(31)30(26(22)32)20-13-11-18(12-14-20)21-5-3-4-6-23(21)35(28,33)34/h3-14H,15H2,1-2H3,(H2,27,29)(H2,28,33,34)/b22-16-. The van der Waals surface area contributed by atoms with Crippen LogP contribution in [0.2, 0.25) is 0 Å². The lowest BCUT2D eigenvalue weighted by Crippen LogP contribution is -2.29. The van der Waals surface area contributed by atoms with E-state index in [9.17, 15) is 18.0 Å². The Bertz CT molecular complexity index is 1490. The number of hydrogen-bond donors (Lipinski definition) is 2. The molecule has 0 aliphatic carbocycles. The Morgan fingerprint density at radius 3 is 2.11 bits per heavy atom. The predicted octanol–water partition coefficient (Wildman–Crippen LogP) is 3.07. The molecule has 0 atom stereocenters. The van der Waals surface area contributed by atoms with E-state index >= 15 is 0 Å². The molecule has 1 aliphatic rings. The Morgan fingerprint density at radius 1 is 0.914 bits per heavy atom. The quantitative estimate of drug-likeness (QED) is 0.246. The lowest BCUT2D eigenvalue weighted by Gasteiger charge is -2.15. The van der Waals surface area contributed by atoms with Crippen LogP contribution in [0.15, 0.2) is 88.3 Å². The smallest absolute Gasteiger partial charge is 0.261 e. The normalized spacial score (nSPS) is 16.1. The average Bonchev–Trinajstić information content (AvgIpc) is 3.16. The number of benzene rings is 3. The minimum absolute atomic E-state index is 0.0000897. The molecule has 2 amide bonds. The molecule has 0 unspecified atom stereocenters. The molecule has 0 aromatic heterocycles. The molecule has 0 spiro atoms. The first-order valence-corrected chi connectivity index (χ1v) is 12.3. The predicted molar refractivity (Wildman–Crippen MR) is 136 cm³/mol. The lowest BCUT2D eigenvalue weighted by molar-refractivity contribution is -0.120. The molecule has 4 N–H and O–H groups in total. The van der Waals surface area contributed by atoms with E-state index in [2.05, 4.69) is 4.99 Å². The second kappa shape index (κ2) is 9.28. The van der Waals surface area contributed by atoms with E-state index in [1.165, 1.54) is 6.07 Å². The summed E-state index contributed by atoms with van der Waals surface area (Å²) >= 11 is 0. The molecule has 178 valence electrons. The summed E-state index contributed by atoms with van der Waals surface area (Å²) in [6, 6.07) is 20.3. The summed E-state index contributed by atoms with van der Waals surface area (Å²) in [4.78, 5) is 31.1. The highest BCUT2D eigenvalue weighted by molar-refractivity contribution is 7.89. The topological polar surface area (TPSA) is 136 Å². The number of carbonyl (C=O) groups excluding carboxylic acids is 2. The third-order valence-corrected chi connectivity index (χ3v) is 6.95. The van der Waals surface area contributed by atoms with Gasteiger partial charge < -0.3 is 5.73 Å². The maximum Gasteiger partial charge on any atom is 0.261 e. The minimum Gasteiger partial charge on any atom is -0.384 e. The van der Waals surface area contributed by atoms with Crippen LogP contribution in [0.3, 0.4) is 0 Å². The van der Waals surface area contributed by atoms with Crippen molar-refractivity contribution in [2.24, 2.45) is 15.9 Å². The number of primary sulfonamides is 1. The van der Waals surface area contributed by atoms with Gasteiger partial charge in [0.15, 0.2) is 0 Å². The van der Waals surface area contributed by atoms with E-state index in [-0.39, 0.29) is 23.1 Å². The van der Waals surface area contributed by atoms with Gasteiger partial charge in [0.25, 0.3) is 5.91 Å². The second-order valence-electron chi connectivity index (χ2n) is 8.09. The number of imide groups is 1. The van der Waals surface area contributed by atoms with Crippen molar-refractivity contribution in [1.82, 2.24) is 0 Å². The fourth-order valence-electron chi connectivity index (χ4n) is 4.05. The van der Waals surface area contributed by atoms with E-state index in [1.807, 2.05) is 31.2 Å².